The Morgan fingerprint density at radius 2 is 2.10 bits per heavy atom. The van der Waals surface area contributed by atoms with Crippen LogP contribution in [0.3, 0.4) is 0 Å². The second-order valence-electron chi connectivity index (χ2n) is 4.55. The number of fused-ring (bicyclic) bond motifs is 1. The maximum atomic E-state index is 12.3. The fourth-order valence-electron chi connectivity index (χ4n) is 1.88. The summed E-state index contributed by atoms with van der Waals surface area (Å²) in [5.41, 5.74) is 0.624. The van der Waals surface area contributed by atoms with E-state index in [4.69, 9.17) is 0 Å². The van der Waals surface area contributed by atoms with Gasteiger partial charge in [0, 0.05) is 10.5 Å². The van der Waals surface area contributed by atoms with Crippen molar-refractivity contribution in [3.05, 3.63) is 16.6 Å². The van der Waals surface area contributed by atoms with E-state index in [9.17, 15) is 21.6 Å². The van der Waals surface area contributed by atoms with E-state index in [-0.39, 0.29) is 10.6 Å². The van der Waals surface area contributed by atoms with Crippen LogP contribution < -0.4 is 10.6 Å². The molecule has 10 heteroatoms. The molecule has 1 heterocycles. The number of anilines is 2. The van der Waals surface area contributed by atoms with Crippen molar-refractivity contribution in [3.63, 3.8) is 0 Å². The number of rotatable bonds is 3. The van der Waals surface area contributed by atoms with E-state index >= 15 is 0 Å². The number of hydrogen-bond acceptors (Lipinski definition) is 4. The Balaban J connectivity index is 2.28. The third-order valence-electron chi connectivity index (χ3n) is 2.70. The van der Waals surface area contributed by atoms with Gasteiger partial charge in [0.25, 0.3) is 10.0 Å². The van der Waals surface area contributed by atoms with Crippen LogP contribution in [0.1, 0.15) is 13.3 Å². The number of hydrogen-bond donors (Lipinski definition) is 2. The van der Waals surface area contributed by atoms with Crippen LogP contribution in [0, 0.1) is 0 Å². The quantitative estimate of drug-likeness (QED) is 0.836. The molecule has 0 bridgehead atoms. The van der Waals surface area contributed by atoms with Crippen molar-refractivity contribution in [2.24, 2.45) is 4.40 Å². The average molecular weight is 386 g/mol. The largest absolute Gasteiger partial charge is 0.391 e. The third kappa shape index (κ3) is 3.88. The van der Waals surface area contributed by atoms with Crippen molar-refractivity contribution in [1.82, 2.24) is 0 Å². The van der Waals surface area contributed by atoms with Crippen LogP contribution in [0.4, 0.5) is 24.5 Å². The summed E-state index contributed by atoms with van der Waals surface area (Å²) in [5.74, 6) is 0. The lowest BCUT2D eigenvalue weighted by atomic mass is 10.2. The molecule has 1 aliphatic rings. The third-order valence-corrected chi connectivity index (χ3v) is 4.63. The van der Waals surface area contributed by atoms with Crippen LogP contribution in [0.25, 0.3) is 0 Å². The number of halogens is 4. The van der Waals surface area contributed by atoms with Crippen molar-refractivity contribution < 1.29 is 21.6 Å². The predicted molar refractivity (Wildman–Crippen MR) is 77.2 cm³/mol. The Kier molecular flexibility index (Phi) is 4.20. The van der Waals surface area contributed by atoms with Gasteiger partial charge in [0.1, 0.15) is 11.2 Å². The molecule has 1 aliphatic heterocycles. The molecule has 116 valence electrons. The zero-order chi connectivity index (χ0) is 15.8. The van der Waals surface area contributed by atoms with E-state index in [1.54, 1.807) is 0 Å². The number of nitrogens with one attached hydrogen (secondary N) is 2. The van der Waals surface area contributed by atoms with E-state index in [0.717, 1.165) is 6.34 Å². The van der Waals surface area contributed by atoms with E-state index in [1.807, 2.05) is 0 Å². The first-order valence-electron chi connectivity index (χ1n) is 5.81. The van der Waals surface area contributed by atoms with Gasteiger partial charge in [0.2, 0.25) is 0 Å². The van der Waals surface area contributed by atoms with Crippen molar-refractivity contribution in [2.45, 2.75) is 30.5 Å². The predicted octanol–water partition coefficient (Wildman–Crippen LogP) is 3.34. The summed E-state index contributed by atoms with van der Waals surface area (Å²) in [7, 11) is -3.77. The first-order chi connectivity index (χ1) is 9.58. The molecule has 2 rings (SSSR count). The number of benzene rings is 1. The van der Waals surface area contributed by atoms with Gasteiger partial charge in [-0.05, 0) is 35.0 Å². The highest BCUT2D eigenvalue weighted by molar-refractivity contribution is 9.10. The lowest BCUT2D eigenvalue weighted by Gasteiger charge is -2.20. The Hall–Kier alpha value is -1.29. The molecule has 0 aliphatic carbocycles. The Bertz CT molecular complexity index is 689. The van der Waals surface area contributed by atoms with Gasteiger partial charge in [-0.25, -0.2) is 0 Å². The monoisotopic (exact) mass is 385 g/mol. The van der Waals surface area contributed by atoms with Crippen molar-refractivity contribution in [3.8, 4) is 0 Å². The second kappa shape index (κ2) is 5.48. The van der Waals surface area contributed by atoms with Gasteiger partial charge in [0.15, 0.2) is 0 Å². The van der Waals surface area contributed by atoms with E-state index < -0.39 is 28.7 Å². The summed E-state index contributed by atoms with van der Waals surface area (Å²) >= 11 is 3.15. The molecule has 1 aromatic rings. The minimum atomic E-state index is -4.28. The Labute approximate surface area is 127 Å². The first-order valence-corrected chi connectivity index (χ1v) is 8.04. The van der Waals surface area contributed by atoms with Gasteiger partial charge < -0.3 is 10.6 Å². The SMILES string of the molecule is CC(CC(F)(F)F)Nc1cc2c(cc1Br)S(=O)(=O)N=CN2. The lowest BCUT2D eigenvalue weighted by molar-refractivity contribution is -0.136. The Morgan fingerprint density at radius 3 is 2.71 bits per heavy atom. The number of alkyl halides is 3. The molecule has 0 fully saturated rings. The summed E-state index contributed by atoms with van der Waals surface area (Å²) in [6.45, 7) is 1.39. The van der Waals surface area contributed by atoms with E-state index in [1.165, 1.54) is 19.1 Å². The molecule has 5 nitrogen and oxygen atoms in total. The number of sulfonamides is 1. The van der Waals surface area contributed by atoms with Crippen molar-refractivity contribution in [1.29, 1.82) is 0 Å². The van der Waals surface area contributed by atoms with E-state index in [2.05, 4.69) is 31.0 Å². The lowest BCUT2D eigenvalue weighted by Crippen LogP contribution is -2.24. The molecule has 2 N–H and O–H groups in total. The molecule has 1 unspecified atom stereocenters. The zero-order valence-electron chi connectivity index (χ0n) is 10.7. The second-order valence-corrected chi connectivity index (χ2v) is 7.00. The molecule has 0 aromatic heterocycles. The van der Waals surface area contributed by atoms with Gasteiger partial charge >= 0.3 is 6.18 Å². The Morgan fingerprint density at radius 1 is 1.43 bits per heavy atom. The van der Waals surface area contributed by atoms with Gasteiger partial charge in [-0.3, -0.25) is 0 Å². The summed E-state index contributed by atoms with van der Waals surface area (Å²) in [6, 6.07) is 1.87. The van der Waals surface area contributed by atoms with Gasteiger partial charge in [0.05, 0.1) is 17.8 Å². The highest BCUT2D eigenvalue weighted by Gasteiger charge is 2.30. The van der Waals surface area contributed by atoms with Gasteiger partial charge in [-0.2, -0.15) is 21.6 Å². The van der Waals surface area contributed by atoms with Gasteiger partial charge in [-0.1, -0.05) is 0 Å². The fraction of sp³-hybridized carbons (Fsp3) is 0.364. The molecule has 0 radical (unpaired) electrons. The summed E-state index contributed by atoms with van der Waals surface area (Å²) in [6.07, 6.45) is -4.25. The first kappa shape index (κ1) is 16.1. The molecule has 0 saturated carbocycles. The molecule has 0 saturated heterocycles. The highest BCUT2D eigenvalue weighted by Crippen LogP contribution is 2.35. The smallest absolute Gasteiger partial charge is 0.381 e. The fourth-order valence-corrected chi connectivity index (χ4v) is 3.45. The van der Waals surface area contributed by atoms with Crippen LogP contribution in [-0.4, -0.2) is 27.0 Å². The molecule has 1 atom stereocenters. The van der Waals surface area contributed by atoms with Crippen LogP contribution in [0.2, 0.25) is 0 Å². The molecule has 1 aromatic carbocycles. The van der Waals surface area contributed by atoms with Crippen LogP contribution in [0.15, 0.2) is 25.9 Å². The number of nitrogens with zero attached hydrogens (tertiary/aromatic N) is 1. The minimum Gasteiger partial charge on any atom is -0.381 e. The minimum absolute atomic E-state index is 0.0362. The standard InChI is InChI=1S/C11H11BrF3N3O2S/c1-6(4-11(13,14)15)18-8-3-9-10(2-7(8)12)21(19,20)17-5-16-9/h2-3,5-6,18H,4H2,1H3,(H,16,17). The van der Waals surface area contributed by atoms with Crippen LogP contribution >= 0.6 is 15.9 Å². The van der Waals surface area contributed by atoms with Crippen molar-refractivity contribution in [2.75, 3.05) is 10.6 Å². The summed E-state index contributed by atoms with van der Waals surface area (Å²) in [4.78, 5) is -0.0362. The molecule has 0 amide bonds. The molecular formula is C11H11BrF3N3O2S. The molecular weight excluding hydrogens is 375 g/mol. The maximum Gasteiger partial charge on any atom is 0.391 e. The van der Waals surface area contributed by atoms with Crippen molar-refractivity contribution >= 4 is 43.7 Å². The maximum absolute atomic E-state index is 12.3. The molecule has 0 spiro atoms. The van der Waals surface area contributed by atoms with Crippen LogP contribution in [0.5, 0.6) is 0 Å². The highest BCUT2D eigenvalue weighted by atomic mass is 79.9. The summed E-state index contributed by atoms with van der Waals surface area (Å²) < 4.78 is 64.1. The average Bonchev–Trinajstić information content (AvgIpc) is 2.28. The van der Waals surface area contributed by atoms with Crippen LogP contribution in [-0.2, 0) is 10.0 Å². The van der Waals surface area contributed by atoms with Gasteiger partial charge in [-0.15, -0.1) is 4.40 Å². The van der Waals surface area contributed by atoms with E-state index in [0.29, 0.717) is 10.2 Å². The summed E-state index contributed by atoms with van der Waals surface area (Å²) in [5, 5.41) is 5.35. The topological polar surface area (TPSA) is 70.6 Å². The zero-order valence-corrected chi connectivity index (χ0v) is 13.1. The normalized spacial score (nSPS) is 17.8. The molecule has 21 heavy (non-hydrogen) atoms.